The van der Waals surface area contributed by atoms with Gasteiger partial charge in [-0.15, -0.1) is 11.3 Å². The smallest absolute Gasteiger partial charge is 0.266 e. The number of thiophene rings is 1. The lowest BCUT2D eigenvalue weighted by Crippen LogP contribution is -2.13. The standard InChI is InChI=1S/C15H14N4O3S/c1-7-10-12(20)18-15(16)19-14(10)23-11(7)13(21)17-8-5-3-4-6-9(8)22-2/h3-6H,1-2H3,(H,17,21)(H3,16,18,19,20). The minimum absolute atomic E-state index is 0.0282. The van der Waals surface area contributed by atoms with Gasteiger partial charge in [-0.3, -0.25) is 14.6 Å². The molecule has 0 spiro atoms. The van der Waals surface area contributed by atoms with Crippen molar-refractivity contribution in [3.05, 3.63) is 45.1 Å². The summed E-state index contributed by atoms with van der Waals surface area (Å²) in [6.45, 7) is 1.71. The van der Waals surface area contributed by atoms with Crippen LogP contribution in [-0.2, 0) is 0 Å². The van der Waals surface area contributed by atoms with Crippen LogP contribution in [0.3, 0.4) is 0 Å². The number of methoxy groups -OCH3 is 1. The molecule has 0 saturated heterocycles. The topological polar surface area (TPSA) is 110 Å². The number of hydrogen-bond acceptors (Lipinski definition) is 6. The molecule has 3 aromatic rings. The van der Waals surface area contributed by atoms with Crippen molar-refractivity contribution < 1.29 is 9.53 Å². The zero-order valence-electron chi connectivity index (χ0n) is 12.5. The van der Waals surface area contributed by atoms with Crippen molar-refractivity contribution in [2.45, 2.75) is 6.92 Å². The fourth-order valence-corrected chi connectivity index (χ4v) is 3.39. The Morgan fingerprint density at radius 3 is 2.87 bits per heavy atom. The number of aryl methyl sites for hydroxylation is 1. The minimum atomic E-state index is -0.349. The summed E-state index contributed by atoms with van der Waals surface area (Å²) in [5, 5.41) is 3.17. The van der Waals surface area contributed by atoms with Crippen LogP contribution in [-0.4, -0.2) is 23.0 Å². The number of amides is 1. The summed E-state index contributed by atoms with van der Waals surface area (Å²) in [6.07, 6.45) is 0. The van der Waals surface area contributed by atoms with Gasteiger partial charge in [-0.1, -0.05) is 12.1 Å². The molecular weight excluding hydrogens is 316 g/mol. The molecule has 0 atom stereocenters. The zero-order chi connectivity index (χ0) is 16.6. The van der Waals surface area contributed by atoms with E-state index in [9.17, 15) is 9.59 Å². The van der Waals surface area contributed by atoms with Crippen LogP contribution in [0.5, 0.6) is 5.75 Å². The number of para-hydroxylation sites is 2. The van der Waals surface area contributed by atoms with Gasteiger partial charge < -0.3 is 15.8 Å². The van der Waals surface area contributed by atoms with E-state index in [-0.39, 0.29) is 17.4 Å². The summed E-state index contributed by atoms with van der Waals surface area (Å²) in [7, 11) is 1.53. The van der Waals surface area contributed by atoms with E-state index in [0.29, 0.717) is 32.1 Å². The van der Waals surface area contributed by atoms with Crippen molar-refractivity contribution in [3.63, 3.8) is 0 Å². The highest BCUT2D eigenvalue weighted by atomic mass is 32.1. The average molecular weight is 330 g/mol. The van der Waals surface area contributed by atoms with E-state index in [1.54, 1.807) is 25.1 Å². The Kier molecular flexibility index (Phi) is 3.75. The van der Waals surface area contributed by atoms with Gasteiger partial charge in [0.25, 0.3) is 11.5 Å². The molecule has 3 rings (SSSR count). The maximum atomic E-state index is 12.5. The van der Waals surface area contributed by atoms with Crippen LogP contribution in [0.25, 0.3) is 10.2 Å². The van der Waals surface area contributed by atoms with Crippen molar-refractivity contribution in [1.82, 2.24) is 9.97 Å². The molecule has 0 fully saturated rings. The van der Waals surface area contributed by atoms with Crippen LogP contribution in [0.4, 0.5) is 11.6 Å². The van der Waals surface area contributed by atoms with Crippen LogP contribution < -0.4 is 21.3 Å². The number of nitrogen functional groups attached to an aromatic ring is 1. The van der Waals surface area contributed by atoms with Crippen molar-refractivity contribution in [2.24, 2.45) is 0 Å². The monoisotopic (exact) mass is 330 g/mol. The molecule has 2 heterocycles. The second-order valence-corrected chi connectivity index (χ2v) is 5.84. The fraction of sp³-hybridized carbons (Fsp3) is 0.133. The molecule has 23 heavy (non-hydrogen) atoms. The largest absolute Gasteiger partial charge is 0.495 e. The number of fused-ring (bicyclic) bond motifs is 1. The van der Waals surface area contributed by atoms with E-state index < -0.39 is 0 Å². The van der Waals surface area contributed by atoms with E-state index in [1.807, 2.05) is 6.07 Å². The Morgan fingerprint density at radius 1 is 1.39 bits per heavy atom. The second kappa shape index (κ2) is 5.73. The molecule has 118 valence electrons. The highest BCUT2D eigenvalue weighted by molar-refractivity contribution is 7.20. The highest BCUT2D eigenvalue weighted by Gasteiger charge is 2.19. The number of rotatable bonds is 3. The molecule has 0 aliphatic heterocycles. The second-order valence-electron chi connectivity index (χ2n) is 4.84. The number of H-pyrrole nitrogens is 1. The predicted molar refractivity (Wildman–Crippen MR) is 90.3 cm³/mol. The summed E-state index contributed by atoms with van der Waals surface area (Å²) in [5.41, 5.74) is 6.32. The van der Waals surface area contributed by atoms with E-state index in [0.717, 1.165) is 11.3 Å². The Balaban J connectivity index is 2.03. The number of anilines is 2. The third-order valence-electron chi connectivity index (χ3n) is 3.38. The molecule has 7 nitrogen and oxygen atoms in total. The number of hydrogen-bond donors (Lipinski definition) is 3. The number of carbonyl (C=O) groups excluding carboxylic acids is 1. The average Bonchev–Trinajstić information content (AvgIpc) is 2.84. The predicted octanol–water partition coefficient (Wildman–Crippen LogP) is 2.14. The molecule has 8 heteroatoms. The number of nitrogens with one attached hydrogen (secondary N) is 2. The van der Waals surface area contributed by atoms with E-state index in [4.69, 9.17) is 10.5 Å². The van der Waals surface area contributed by atoms with Crippen LogP contribution in [0.15, 0.2) is 29.1 Å². The molecule has 1 aromatic carbocycles. The first-order valence-electron chi connectivity index (χ1n) is 6.74. The maximum absolute atomic E-state index is 12.5. The number of carbonyl (C=O) groups is 1. The first-order chi connectivity index (χ1) is 11.0. The van der Waals surface area contributed by atoms with E-state index in [2.05, 4.69) is 15.3 Å². The summed E-state index contributed by atoms with van der Waals surface area (Å²) in [5.74, 6) is 0.258. The van der Waals surface area contributed by atoms with Crippen molar-refractivity contribution in [2.75, 3.05) is 18.2 Å². The van der Waals surface area contributed by atoms with Crippen molar-refractivity contribution >= 4 is 39.1 Å². The molecule has 0 aliphatic rings. The van der Waals surface area contributed by atoms with Gasteiger partial charge in [0, 0.05) is 0 Å². The fourth-order valence-electron chi connectivity index (χ4n) is 2.30. The normalized spacial score (nSPS) is 10.7. The van der Waals surface area contributed by atoms with E-state index >= 15 is 0 Å². The summed E-state index contributed by atoms with van der Waals surface area (Å²) < 4.78 is 5.21. The number of aromatic amines is 1. The molecule has 0 unspecified atom stereocenters. The summed E-state index contributed by atoms with van der Waals surface area (Å²) >= 11 is 1.13. The molecule has 0 bridgehead atoms. The van der Waals surface area contributed by atoms with Crippen LogP contribution in [0.2, 0.25) is 0 Å². The van der Waals surface area contributed by atoms with Gasteiger partial charge in [0.1, 0.15) is 10.6 Å². The summed E-state index contributed by atoms with van der Waals surface area (Å²) in [6, 6.07) is 7.09. The Morgan fingerprint density at radius 2 is 2.13 bits per heavy atom. The Hall–Kier alpha value is -2.87. The van der Waals surface area contributed by atoms with Gasteiger partial charge >= 0.3 is 0 Å². The molecular formula is C15H14N4O3S. The number of ether oxygens (including phenoxy) is 1. The first kappa shape index (κ1) is 15.0. The van der Waals surface area contributed by atoms with Crippen LogP contribution in [0, 0.1) is 6.92 Å². The molecule has 0 saturated carbocycles. The number of nitrogens with zero attached hydrogens (tertiary/aromatic N) is 1. The Bertz CT molecular complexity index is 961. The minimum Gasteiger partial charge on any atom is -0.495 e. The van der Waals surface area contributed by atoms with Gasteiger partial charge in [-0.05, 0) is 24.6 Å². The molecule has 4 N–H and O–H groups in total. The molecule has 2 aromatic heterocycles. The lowest BCUT2D eigenvalue weighted by atomic mass is 10.2. The lowest BCUT2D eigenvalue weighted by molar-refractivity contribution is 0.102. The maximum Gasteiger partial charge on any atom is 0.266 e. The third kappa shape index (κ3) is 2.64. The van der Waals surface area contributed by atoms with Gasteiger partial charge in [0.05, 0.1) is 23.1 Å². The quantitative estimate of drug-likeness (QED) is 0.681. The van der Waals surface area contributed by atoms with Gasteiger partial charge in [-0.2, -0.15) is 0 Å². The third-order valence-corrected chi connectivity index (χ3v) is 4.56. The first-order valence-corrected chi connectivity index (χ1v) is 7.56. The van der Waals surface area contributed by atoms with Crippen LogP contribution >= 0.6 is 11.3 Å². The molecule has 0 radical (unpaired) electrons. The summed E-state index contributed by atoms with van der Waals surface area (Å²) in [4.78, 5) is 31.9. The van der Waals surface area contributed by atoms with Crippen molar-refractivity contribution in [1.29, 1.82) is 0 Å². The van der Waals surface area contributed by atoms with E-state index in [1.165, 1.54) is 7.11 Å². The molecule has 0 aliphatic carbocycles. The lowest BCUT2D eigenvalue weighted by Gasteiger charge is -2.09. The van der Waals surface area contributed by atoms with Gasteiger partial charge in [0.2, 0.25) is 5.95 Å². The Labute approximate surface area is 135 Å². The highest BCUT2D eigenvalue weighted by Crippen LogP contribution is 2.29. The SMILES string of the molecule is COc1ccccc1NC(=O)c1sc2nc(N)[nH]c(=O)c2c1C. The van der Waals surface area contributed by atoms with Gasteiger partial charge in [0.15, 0.2) is 0 Å². The van der Waals surface area contributed by atoms with Gasteiger partial charge in [-0.25, -0.2) is 4.98 Å². The van der Waals surface area contributed by atoms with Crippen molar-refractivity contribution in [3.8, 4) is 5.75 Å². The molecule has 1 amide bonds. The zero-order valence-corrected chi connectivity index (χ0v) is 13.3. The number of nitrogens with two attached hydrogens (primary N) is 1. The van der Waals surface area contributed by atoms with Crippen LogP contribution in [0.1, 0.15) is 15.2 Å². The number of benzene rings is 1. The number of aromatic nitrogens is 2.